The molecule has 1 aromatic rings. The lowest BCUT2D eigenvalue weighted by Crippen LogP contribution is -2.17. The van der Waals surface area contributed by atoms with E-state index in [4.69, 9.17) is 4.42 Å². The molecule has 0 spiro atoms. The summed E-state index contributed by atoms with van der Waals surface area (Å²) in [4.78, 5) is 4.32. The first kappa shape index (κ1) is 11.6. The van der Waals surface area contributed by atoms with Gasteiger partial charge in [0, 0.05) is 19.4 Å². The second-order valence-electron chi connectivity index (χ2n) is 4.72. The van der Waals surface area contributed by atoms with E-state index >= 15 is 0 Å². The summed E-state index contributed by atoms with van der Waals surface area (Å²) in [5, 5.41) is 3.36. The number of aromatic nitrogens is 1. The summed E-state index contributed by atoms with van der Waals surface area (Å²) in [6, 6.07) is 0. The minimum absolute atomic E-state index is 0.860. The summed E-state index contributed by atoms with van der Waals surface area (Å²) in [6.07, 6.45) is 9.22. The van der Waals surface area contributed by atoms with Crippen molar-refractivity contribution in [1.29, 1.82) is 0 Å². The highest BCUT2D eigenvalue weighted by atomic mass is 16.4. The highest BCUT2D eigenvalue weighted by molar-refractivity contribution is 4.97. The average Bonchev–Trinajstić information content (AvgIpc) is 2.67. The van der Waals surface area contributed by atoms with E-state index in [0.29, 0.717) is 0 Å². The van der Waals surface area contributed by atoms with E-state index in [1.807, 2.05) is 6.20 Å². The summed E-state index contributed by atoms with van der Waals surface area (Å²) in [6.45, 7) is 4.22. The third kappa shape index (κ3) is 3.34. The molecule has 1 heterocycles. The van der Waals surface area contributed by atoms with Crippen LogP contribution < -0.4 is 5.32 Å². The van der Waals surface area contributed by atoms with Crippen LogP contribution in [-0.2, 0) is 12.8 Å². The van der Waals surface area contributed by atoms with Gasteiger partial charge in [-0.3, -0.25) is 0 Å². The zero-order valence-electron chi connectivity index (χ0n) is 10.2. The van der Waals surface area contributed by atoms with Crippen molar-refractivity contribution in [3.8, 4) is 0 Å². The van der Waals surface area contributed by atoms with Crippen LogP contribution in [0.4, 0.5) is 0 Å². The highest BCUT2D eigenvalue weighted by Crippen LogP contribution is 2.29. The fourth-order valence-electron chi connectivity index (χ4n) is 2.04. The fraction of sp³-hybridized carbons (Fsp3) is 0.769. The zero-order valence-corrected chi connectivity index (χ0v) is 10.2. The topological polar surface area (TPSA) is 38.1 Å². The number of rotatable bonds is 7. The van der Waals surface area contributed by atoms with Crippen LogP contribution in [0.25, 0.3) is 0 Å². The van der Waals surface area contributed by atoms with Crippen molar-refractivity contribution in [2.45, 2.75) is 45.4 Å². The first-order valence-corrected chi connectivity index (χ1v) is 6.52. The molecule has 1 aliphatic carbocycles. The maximum absolute atomic E-state index is 5.72. The van der Waals surface area contributed by atoms with E-state index in [-0.39, 0.29) is 0 Å². The predicted molar refractivity (Wildman–Crippen MR) is 64.4 cm³/mol. The average molecular weight is 222 g/mol. The van der Waals surface area contributed by atoms with Gasteiger partial charge in [-0.15, -0.1) is 0 Å². The Morgan fingerprint density at radius 2 is 2.31 bits per heavy atom. The Morgan fingerprint density at radius 1 is 1.44 bits per heavy atom. The molecule has 2 rings (SSSR count). The Morgan fingerprint density at radius 3 is 3.00 bits per heavy atom. The Hall–Kier alpha value is -0.830. The largest absolute Gasteiger partial charge is 0.446 e. The second kappa shape index (κ2) is 6.04. The van der Waals surface area contributed by atoms with Crippen LogP contribution in [0.5, 0.6) is 0 Å². The van der Waals surface area contributed by atoms with Gasteiger partial charge in [0.25, 0.3) is 0 Å². The number of nitrogens with zero attached hydrogens (tertiary/aromatic N) is 1. The molecule has 1 saturated carbocycles. The van der Waals surface area contributed by atoms with Gasteiger partial charge in [-0.25, -0.2) is 4.98 Å². The summed E-state index contributed by atoms with van der Waals surface area (Å²) < 4.78 is 5.72. The van der Waals surface area contributed by atoms with Crippen molar-refractivity contribution < 1.29 is 4.42 Å². The second-order valence-corrected chi connectivity index (χ2v) is 4.72. The molecular formula is C13H22N2O. The molecule has 1 fully saturated rings. The minimum atomic E-state index is 0.860. The quantitative estimate of drug-likeness (QED) is 0.720. The van der Waals surface area contributed by atoms with Gasteiger partial charge in [-0.2, -0.15) is 0 Å². The molecular weight excluding hydrogens is 200 g/mol. The van der Waals surface area contributed by atoms with Crippen LogP contribution in [0.1, 0.15) is 44.3 Å². The van der Waals surface area contributed by atoms with E-state index in [2.05, 4.69) is 17.2 Å². The lowest BCUT2D eigenvalue weighted by molar-refractivity contribution is 0.291. The van der Waals surface area contributed by atoms with Crippen molar-refractivity contribution in [2.24, 2.45) is 5.92 Å². The van der Waals surface area contributed by atoms with E-state index in [1.54, 1.807) is 0 Å². The molecule has 1 aromatic heterocycles. The molecule has 3 heteroatoms. The Labute approximate surface area is 97.6 Å². The van der Waals surface area contributed by atoms with Gasteiger partial charge in [0.2, 0.25) is 0 Å². The summed E-state index contributed by atoms with van der Waals surface area (Å²) in [5.74, 6) is 2.83. The molecule has 3 nitrogen and oxygen atoms in total. The summed E-state index contributed by atoms with van der Waals surface area (Å²) >= 11 is 0. The molecule has 0 amide bonds. The molecule has 90 valence electrons. The smallest absolute Gasteiger partial charge is 0.195 e. The van der Waals surface area contributed by atoms with Crippen molar-refractivity contribution in [3.63, 3.8) is 0 Å². The van der Waals surface area contributed by atoms with Gasteiger partial charge in [0.05, 0.1) is 6.20 Å². The van der Waals surface area contributed by atoms with Crippen LogP contribution in [0.15, 0.2) is 10.6 Å². The number of oxazole rings is 1. The molecule has 16 heavy (non-hydrogen) atoms. The SMILES string of the molecule is CCCNCCc1ncc(CC2CCC2)o1. The fourth-order valence-corrected chi connectivity index (χ4v) is 2.04. The first-order chi connectivity index (χ1) is 7.88. The highest BCUT2D eigenvalue weighted by Gasteiger charge is 2.19. The molecule has 0 atom stereocenters. The molecule has 0 bridgehead atoms. The number of nitrogens with one attached hydrogen (secondary N) is 1. The van der Waals surface area contributed by atoms with Crippen molar-refractivity contribution >= 4 is 0 Å². The maximum Gasteiger partial charge on any atom is 0.195 e. The minimum Gasteiger partial charge on any atom is -0.446 e. The predicted octanol–water partition coefficient (Wildman–Crippen LogP) is 2.56. The van der Waals surface area contributed by atoms with Crippen LogP contribution in [0.2, 0.25) is 0 Å². The monoisotopic (exact) mass is 222 g/mol. The molecule has 0 saturated heterocycles. The van der Waals surface area contributed by atoms with Gasteiger partial charge in [-0.05, 0) is 18.9 Å². The van der Waals surface area contributed by atoms with Gasteiger partial charge in [-0.1, -0.05) is 26.2 Å². The molecule has 0 aromatic carbocycles. The van der Waals surface area contributed by atoms with Gasteiger partial charge < -0.3 is 9.73 Å². The number of hydrogen-bond donors (Lipinski definition) is 1. The molecule has 1 aliphatic rings. The van der Waals surface area contributed by atoms with Crippen molar-refractivity contribution in [3.05, 3.63) is 17.8 Å². The first-order valence-electron chi connectivity index (χ1n) is 6.52. The van der Waals surface area contributed by atoms with E-state index in [0.717, 1.165) is 43.5 Å². The molecule has 1 N–H and O–H groups in total. The van der Waals surface area contributed by atoms with Crippen molar-refractivity contribution in [1.82, 2.24) is 10.3 Å². The van der Waals surface area contributed by atoms with E-state index in [1.165, 1.54) is 25.7 Å². The van der Waals surface area contributed by atoms with Crippen LogP contribution in [-0.4, -0.2) is 18.1 Å². The lowest BCUT2D eigenvalue weighted by atomic mass is 9.82. The lowest BCUT2D eigenvalue weighted by Gasteiger charge is -2.23. The third-order valence-corrected chi connectivity index (χ3v) is 3.26. The Balaban J connectivity index is 1.69. The number of hydrogen-bond acceptors (Lipinski definition) is 3. The van der Waals surface area contributed by atoms with Crippen LogP contribution in [0.3, 0.4) is 0 Å². The third-order valence-electron chi connectivity index (χ3n) is 3.26. The Bertz CT molecular complexity index is 305. The molecule has 0 radical (unpaired) electrons. The van der Waals surface area contributed by atoms with Crippen LogP contribution >= 0.6 is 0 Å². The standard InChI is InChI=1S/C13H22N2O/c1-2-7-14-8-6-13-15-10-12(16-13)9-11-4-3-5-11/h10-11,14H,2-9H2,1H3. The van der Waals surface area contributed by atoms with Gasteiger partial charge in [0.15, 0.2) is 5.89 Å². The Kier molecular flexibility index (Phi) is 4.40. The van der Waals surface area contributed by atoms with Crippen molar-refractivity contribution in [2.75, 3.05) is 13.1 Å². The molecule has 0 unspecified atom stereocenters. The summed E-state index contributed by atoms with van der Waals surface area (Å²) in [5.41, 5.74) is 0. The van der Waals surface area contributed by atoms with E-state index < -0.39 is 0 Å². The normalized spacial score (nSPS) is 16.3. The van der Waals surface area contributed by atoms with Gasteiger partial charge >= 0.3 is 0 Å². The summed E-state index contributed by atoms with van der Waals surface area (Å²) in [7, 11) is 0. The van der Waals surface area contributed by atoms with Crippen LogP contribution in [0, 0.1) is 5.92 Å². The zero-order chi connectivity index (χ0) is 11.2. The molecule has 0 aliphatic heterocycles. The maximum atomic E-state index is 5.72. The van der Waals surface area contributed by atoms with E-state index in [9.17, 15) is 0 Å². The van der Waals surface area contributed by atoms with Gasteiger partial charge in [0.1, 0.15) is 5.76 Å².